The fourth-order valence-corrected chi connectivity index (χ4v) is 1.03. The minimum atomic E-state index is -2.81. The number of rotatable bonds is 2. The fraction of sp³-hybridized carbons (Fsp3) is 0.250. The number of aromatic amines is 1. The first-order valence-electron chi connectivity index (χ1n) is 3.73. The molecule has 6 heteroatoms. The number of nitrogens with zero attached hydrogens (tertiary/aromatic N) is 1. The van der Waals surface area contributed by atoms with Crippen LogP contribution in [0.1, 0.15) is 17.7 Å². The molecule has 0 saturated heterocycles. The SMILES string of the molecule is N#CCc1cc(N)c(=O)[nH]c1C(F)F. The van der Waals surface area contributed by atoms with E-state index >= 15 is 0 Å². The highest BCUT2D eigenvalue weighted by atomic mass is 19.3. The number of nitrogen functional groups attached to an aromatic ring is 1. The van der Waals surface area contributed by atoms with Gasteiger partial charge in [-0.2, -0.15) is 5.26 Å². The van der Waals surface area contributed by atoms with Gasteiger partial charge in [-0.3, -0.25) is 4.79 Å². The van der Waals surface area contributed by atoms with E-state index in [4.69, 9.17) is 11.0 Å². The predicted molar refractivity (Wildman–Crippen MR) is 45.7 cm³/mol. The highest BCUT2D eigenvalue weighted by Crippen LogP contribution is 2.20. The van der Waals surface area contributed by atoms with Crippen LogP contribution in [-0.2, 0) is 6.42 Å². The van der Waals surface area contributed by atoms with E-state index in [0.717, 1.165) is 6.07 Å². The summed E-state index contributed by atoms with van der Waals surface area (Å²) in [5, 5.41) is 8.36. The van der Waals surface area contributed by atoms with Gasteiger partial charge in [-0.05, 0) is 11.6 Å². The lowest BCUT2D eigenvalue weighted by atomic mass is 10.1. The molecule has 0 radical (unpaired) electrons. The molecule has 1 heterocycles. The Labute approximate surface area is 78.0 Å². The van der Waals surface area contributed by atoms with Crippen molar-refractivity contribution >= 4 is 5.69 Å². The van der Waals surface area contributed by atoms with Gasteiger partial charge in [-0.15, -0.1) is 0 Å². The first-order chi connectivity index (χ1) is 6.56. The lowest BCUT2D eigenvalue weighted by molar-refractivity contribution is 0.145. The number of nitrogens with one attached hydrogen (secondary N) is 1. The predicted octanol–water partition coefficient (Wildman–Crippen LogP) is 0.961. The van der Waals surface area contributed by atoms with Gasteiger partial charge in [-0.1, -0.05) is 0 Å². The first-order valence-corrected chi connectivity index (χ1v) is 3.73. The van der Waals surface area contributed by atoms with Crippen LogP contribution in [0, 0.1) is 11.3 Å². The summed E-state index contributed by atoms with van der Waals surface area (Å²) in [5.74, 6) is 0. The van der Waals surface area contributed by atoms with Crippen molar-refractivity contribution < 1.29 is 8.78 Å². The lowest BCUT2D eigenvalue weighted by Crippen LogP contribution is -2.16. The topological polar surface area (TPSA) is 82.7 Å². The average molecular weight is 199 g/mol. The van der Waals surface area contributed by atoms with Crippen LogP contribution >= 0.6 is 0 Å². The Hall–Kier alpha value is -1.90. The third-order valence-electron chi connectivity index (χ3n) is 1.67. The third-order valence-corrected chi connectivity index (χ3v) is 1.67. The second-order valence-corrected chi connectivity index (χ2v) is 2.63. The number of H-pyrrole nitrogens is 1. The zero-order valence-corrected chi connectivity index (χ0v) is 7.05. The van der Waals surface area contributed by atoms with Gasteiger partial charge in [-0.25, -0.2) is 8.78 Å². The molecule has 14 heavy (non-hydrogen) atoms. The van der Waals surface area contributed by atoms with Crippen molar-refractivity contribution in [2.24, 2.45) is 0 Å². The summed E-state index contributed by atoms with van der Waals surface area (Å²) >= 11 is 0. The molecule has 0 aliphatic carbocycles. The van der Waals surface area contributed by atoms with E-state index in [1.807, 2.05) is 4.98 Å². The first kappa shape index (κ1) is 10.2. The molecule has 0 aliphatic heterocycles. The number of hydrogen-bond donors (Lipinski definition) is 2. The molecule has 0 aromatic carbocycles. The standard InChI is InChI=1S/C8H7F2N3O/c9-7(10)6-4(1-2-11)3-5(12)8(14)13-6/h3,7H,1,12H2,(H,13,14). The summed E-state index contributed by atoms with van der Waals surface area (Å²) < 4.78 is 24.7. The van der Waals surface area contributed by atoms with Gasteiger partial charge in [0.05, 0.1) is 23.9 Å². The van der Waals surface area contributed by atoms with Gasteiger partial charge in [0.1, 0.15) is 0 Å². The number of halogens is 2. The summed E-state index contributed by atoms with van der Waals surface area (Å²) in [6.45, 7) is 0. The van der Waals surface area contributed by atoms with Crippen LogP contribution in [0.3, 0.4) is 0 Å². The number of pyridine rings is 1. The molecule has 0 spiro atoms. The third kappa shape index (κ3) is 1.88. The van der Waals surface area contributed by atoms with E-state index in [-0.39, 0.29) is 17.7 Å². The molecule has 0 fully saturated rings. The van der Waals surface area contributed by atoms with Gasteiger partial charge in [0.2, 0.25) is 0 Å². The zero-order chi connectivity index (χ0) is 10.7. The molecule has 0 amide bonds. The maximum Gasteiger partial charge on any atom is 0.278 e. The Morgan fingerprint density at radius 2 is 2.29 bits per heavy atom. The number of nitriles is 1. The summed E-state index contributed by atoms with van der Waals surface area (Å²) in [4.78, 5) is 12.9. The van der Waals surface area contributed by atoms with Crippen molar-refractivity contribution in [2.75, 3.05) is 5.73 Å². The largest absolute Gasteiger partial charge is 0.394 e. The maximum absolute atomic E-state index is 12.3. The van der Waals surface area contributed by atoms with Crippen molar-refractivity contribution in [1.29, 1.82) is 5.26 Å². The van der Waals surface area contributed by atoms with Crippen molar-refractivity contribution in [1.82, 2.24) is 4.98 Å². The quantitative estimate of drug-likeness (QED) is 0.744. The molecule has 74 valence electrons. The van der Waals surface area contributed by atoms with Crippen molar-refractivity contribution in [3.8, 4) is 6.07 Å². The number of nitrogens with two attached hydrogens (primary N) is 1. The molecular formula is C8H7F2N3O. The highest BCUT2D eigenvalue weighted by molar-refractivity contribution is 5.41. The molecule has 0 bridgehead atoms. The minimum absolute atomic E-state index is 0.0552. The Kier molecular flexibility index (Phi) is 2.82. The van der Waals surface area contributed by atoms with Crippen molar-refractivity contribution in [3.05, 3.63) is 27.7 Å². The second kappa shape index (κ2) is 3.87. The molecule has 1 aromatic heterocycles. The van der Waals surface area contributed by atoms with Crippen LogP contribution in [0.25, 0.3) is 0 Å². The fourth-order valence-electron chi connectivity index (χ4n) is 1.03. The van der Waals surface area contributed by atoms with Crippen LogP contribution in [-0.4, -0.2) is 4.98 Å². The Bertz CT molecular complexity index is 433. The number of hydrogen-bond acceptors (Lipinski definition) is 3. The van der Waals surface area contributed by atoms with E-state index in [0.29, 0.717) is 0 Å². The molecule has 1 aromatic rings. The summed E-state index contributed by atoms with van der Waals surface area (Å²) in [6, 6.07) is 2.82. The van der Waals surface area contributed by atoms with E-state index in [2.05, 4.69) is 0 Å². The average Bonchev–Trinajstić information content (AvgIpc) is 2.11. The molecule has 0 saturated carbocycles. The zero-order valence-electron chi connectivity index (χ0n) is 7.05. The van der Waals surface area contributed by atoms with Gasteiger partial charge in [0, 0.05) is 0 Å². The molecule has 0 unspecified atom stereocenters. The van der Waals surface area contributed by atoms with Crippen LogP contribution in [0.2, 0.25) is 0 Å². The van der Waals surface area contributed by atoms with E-state index < -0.39 is 17.7 Å². The van der Waals surface area contributed by atoms with Crippen LogP contribution < -0.4 is 11.3 Å². The van der Waals surface area contributed by atoms with E-state index in [9.17, 15) is 13.6 Å². The van der Waals surface area contributed by atoms with Crippen molar-refractivity contribution in [2.45, 2.75) is 12.8 Å². The Morgan fingerprint density at radius 1 is 1.64 bits per heavy atom. The highest BCUT2D eigenvalue weighted by Gasteiger charge is 2.15. The van der Waals surface area contributed by atoms with Gasteiger partial charge >= 0.3 is 0 Å². The molecule has 0 atom stereocenters. The molecular weight excluding hydrogens is 192 g/mol. The minimum Gasteiger partial charge on any atom is -0.394 e. The number of anilines is 1. The second-order valence-electron chi connectivity index (χ2n) is 2.63. The van der Waals surface area contributed by atoms with Crippen LogP contribution in [0.15, 0.2) is 10.9 Å². The smallest absolute Gasteiger partial charge is 0.278 e. The van der Waals surface area contributed by atoms with Gasteiger partial charge in [0.25, 0.3) is 12.0 Å². The monoisotopic (exact) mass is 199 g/mol. The number of alkyl halides is 2. The summed E-state index contributed by atoms with van der Waals surface area (Å²) in [5.41, 5.74) is 3.81. The maximum atomic E-state index is 12.3. The molecule has 0 aliphatic rings. The molecule has 3 N–H and O–H groups in total. The summed E-state index contributed by atoms with van der Waals surface area (Å²) in [6.07, 6.45) is -3.02. The Balaban J connectivity index is 3.33. The molecule has 4 nitrogen and oxygen atoms in total. The van der Waals surface area contributed by atoms with E-state index in [1.54, 1.807) is 6.07 Å². The lowest BCUT2D eigenvalue weighted by Gasteiger charge is -2.05. The summed E-state index contributed by atoms with van der Waals surface area (Å²) in [7, 11) is 0. The van der Waals surface area contributed by atoms with Crippen LogP contribution in [0.5, 0.6) is 0 Å². The van der Waals surface area contributed by atoms with Crippen molar-refractivity contribution in [3.63, 3.8) is 0 Å². The van der Waals surface area contributed by atoms with Crippen LogP contribution in [0.4, 0.5) is 14.5 Å². The van der Waals surface area contributed by atoms with Gasteiger partial charge in [0.15, 0.2) is 0 Å². The van der Waals surface area contributed by atoms with Gasteiger partial charge < -0.3 is 10.7 Å². The molecule has 1 rings (SSSR count). The van der Waals surface area contributed by atoms with E-state index in [1.165, 1.54) is 0 Å². The normalized spacial score (nSPS) is 10.1. The number of aromatic nitrogens is 1. The Morgan fingerprint density at radius 3 is 2.79 bits per heavy atom.